The highest BCUT2D eigenvalue weighted by Gasteiger charge is 2.33. The van der Waals surface area contributed by atoms with Crippen molar-refractivity contribution < 1.29 is 19.5 Å². The number of hydrogen-bond donors (Lipinski definition) is 2. The molecule has 0 fully saturated rings. The van der Waals surface area contributed by atoms with Crippen molar-refractivity contribution >= 4 is 27.7 Å². The third kappa shape index (κ3) is 3.67. The van der Waals surface area contributed by atoms with Crippen LogP contribution in [0.1, 0.15) is 46.7 Å². The highest BCUT2D eigenvalue weighted by molar-refractivity contribution is 9.10. The fraction of sp³-hybridized carbons (Fsp3) is 0.600. The lowest BCUT2D eigenvalue weighted by atomic mass is 9.89. The first-order valence-corrected chi connectivity index (χ1v) is 8.07. The smallest absolute Gasteiger partial charge is 0.322 e. The van der Waals surface area contributed by atoms with Crippen LogP contribution >= 0.6 is 15.9 Å². The van der Waals surface area contributed by atoms with Gasteiger partial charge in [0.25, 0.3) is 0 Å². The largest absolute Gasteiger partial charge is 0.488 e. The van der Waals surface area contributed by atoms with Crippen LogP contribution in [0.3, 0.4) is 0 Å². The number of ether oxygens (including phenoxy) is 1. The van der Waals surface area contributed by atoms with Gasteiger partial charge in [-0.15, -0.1) is 0 Å². The number of fused-ring (bicyclic) bond motifs is 1. The average Bonchev–Trinajstić information content (AvgIpc) is 2.96. The van der Waals surface area contributed by atoms with E-state index in [1.165, 1.54) is 0 Å². The van der Waals surface area contributed by atoms with E-state index in [9.17, 15) is 10.0 Å². The summed E-state index contributed by atoms with van der Waals surface area (Å²) in [5, 5.41) is 12.9. The molecule has 118 valence electrons. The quantitative estimate of drug-likeness (QED) is 0.642. The second kappa shape index (κ2) is 7.11. The Morgan fingerprint density at radius 3 is 2.71 bits per heavy atom. The molecule has 2 heterocycles. The van der Waals surface area contributed by atoms with E-state index in [0.29, 0.717) is 30.3 Å². The first-order chi connectivity index (χ1) is 9.86. The molecule has 1 aromatic rings. The van der Waals surface area contributed by atoms with Crippen molar-refractivity contribution in [2.24, 2.45) is 5.41 Å². The van der Waals surface area contributed by atoms with Crippen LogP contribution in [0.5, 0.6) is 5.75 Å². The van der Waals surface area contributed by atoms with Gasteiger partial charge in [0.05, 0.1) is 22.9 Å². The summed E-state index contributed by atoms with van der Waals surface area (Å²) in [7, 11) is 0. The number of carbonyl (C=O) groups excluding carboxylic acids is 1. The third-order valence-electron chi connectivity index (χ3n) is 3.55. The van der Waals surface area contributed by atoms with Crippen molar-refractivity contribution in [1.29, 1.82) is 0 Å². The number of amides is 1. The van der Waals surface area contributed by atoms with E-state index in [1.807, 2.05) is 34.6 Å². The van der Waals surface area contributed by atoms with Crippen LogP contribution in [-0.4, -0.2) is 17.7 Å². The second-order valence-corrected chi connectivity index (χ2v) is 6.11. The Bertz CT molecular complexity index is 530. The van der Waals surface area contributed by atoms with E-state index in [1.54, 1.807) is 6.07 Å². The zero-order valence-electron chi connectivity index (χ0n) is 13.3. The predicted octanol–water partition coefficient (Wildman–Crippen LogP) is 3.31. The number of aromatic nitrogens is 1. The summed E-state index contributed by atoms with van der Waals surface area (Å²) in [4.78, 5) is 12.1. The van der Waals surface area contributed by atoms with Crippen LogP contribution in [0.25, 0.3) is 0 Å². The van der Waals surface area contributed by atoms with E-state index in [0.717, 1.165) is 15.6 Å². The highest BCUT2D eigenvalue weighted by atomic mass is 79.9. The molecule has 0 aromatic carbocycles. The van der Waals surface area contributed by atoms with Crippen LogP contribution in [-0.2, 0) is 11.2 Å². The second-order valence-electron chi connectivity index (χ2n) is 5.26. The maximum Gasteiger partial charge on any atom is 0.322 e. The molecule has 0 aliphatic carbocycles. The number of anilines is 1. The SMILES string of the molecule is CC.CCC(C)(C)C(=O)Nc1cc(Br)c2c([n+]1O)CCO2. The molecule has 21 heavy (non-hydrogen) atoms. The average molecular weight is 360 g/mol. The first-order valence-electron chi connectivity index (χ1n) is 7.27. The van der Waals surface area contributed by atoms with Crippen LogP contribution in [0.4, 0.5) is 5.82 Å². The summed E-state index contributed by atoms with van der Waals surface area (Å²) in [5.41, 5.74) is 0.189. The fourth-order valence-electron chi connectivity index (χ4n) is 1.78. The standard InChI is InChI=1S/C13H17BrN2O3.C2H6/c1-4-13(2,3)12(17)15-10-7-8(14)11-9(16(10)18)5-6-19-11;1-2/h7,18H,4-6H2,1-3H3;1-2H3/p+1. The van der Waals surface area contributed by atoms with Gasteiger partial charge in [-0.1, -0.05) is 20.8 Å². The summed E-state index contributed by atoms with van der Waals surface area (Å²) in [5.74, 6) is 0.862. The summed E-state index contributed by atoms with van der Waals surface area (Å²) < 4.78 is 7.15. The zero-order valence-corrected chi connectivity index (χ0v) is 14.9. The molecule has 2 rings (SSSR count). The topological polar surface area (TPSA) is 62.4 Å². The first kappa shape index (κ1) is 17.8. The van der Waals surface area contributed by atoms with Crippen LogP contribution in [0, 0.1) is 5.41 Å². The van der Waals surface area contributed by atoms with Crippen molar-refractivity contribution in [3.8, 4) is 5.75 Å². The van der Waals surface area contributed by atoms with Gasteiger partial charge in [-0.25, -0.2) is 10.1 Å². The fourth-order valence-corrected chi connectivity index (χ4v) is 2.34. The predicted molar refractivity (Wildman–Crippen MR) is 84.8 cm³/mol. The minimum absolute atomic E-state index is 0.122. The van der Waals surface area contributed by atoms with E-state index in [4.69, 9.17) is 4.74 Å². The minimum atomic E-state index is -0.477. The highest BCUT2D eigenvalue weighted by Crippen LogP contribution is 2.33. The lowest BCUT2D eigenvalue weighted by Crippen LogP contribution is -2.42. The molecular formula is C15H24BrN2O3+. The molecular weight excluding hydrogens is 336 g/mol. The number of nitrogens with one attached hydrogen (secondary N) is 1. The molecule has 0 saturated heterocycles. The number of hydrogen-bond acceptors (Lipinski definition) is 3. The van der Waals surface area contributed by atoms with Crippen LogP contribution in [0.15, 0.2) is 10.5 Å². The van der Waals surface area contributed by atoms with E-state index < -0.39 is 5.41 Å². The number of halogens is 1. The van der Waals surface area contributed by atoms with Crippen molar-refractivity contribution in [2.45, 2.75) is 47.5 Å². The Morgan fingerprint density at radius 1 is 1.52 bits per heavy atom. The molecule has 0 saturated carbocycles. The van der Waals surface area contributed by atoms with Gasteiger partial charge in [0, 0.05) is 6.07 Å². The van der Waals surface area contributed by atoms with Crippen molar-refractivity contribution in [3.05, 3.63) is 16.2 Å². The molecule has 0 atom stereocenters. The molecule has 0 unspecified atom stereocenters. The Balaban J connectivity index is 0.00000106. The zero-order chi connectivity index (χ0) is 16.2. The van der Waals surface area contributed by atoms with Crippen LogP contribution in [0.2, 0.25) is 0 Å². The van der Waals surface area contributed by atoms with Gasteiger partial charge in [0.2, 0.25) is 0 Å². The molecule has 0 spiro atoms. The van der Waals surface area contributed by atoms with Crippen LogP contribution < -0.4 is 14.8 Å². The summed E-state index contributed by atoms with van der Waals surface area (Å²) >= 11 is 3.39. The Labute approximate surface area is 134 Å². The Hall–Kier alpha value is -1.30. The van der Waals surface area contributed by atoms with Gasteiger partial charge in [-0.3, -0.25) is 0 Å². The lowest BCUT2D eigenvalue weighted by molar-refractivity contribution is -0.897. The normalized spacial score (nSPS) is 12.9. The molecule has 0 bridgehead atoms. The molecule has 2 N–H and O–H groups in total. The Morgan fingerprint density at radius 2 is 2.14 bits per heavy atom. The van der Waals surface area contributed by atoms with Crippen molar-refractivity contribution in [1.82, 2.24) is 0 Å². The maximum absolute atomic E-state index is 12.1. The lowest BCUT2D eigenvalue weighted by Gasteiger charge is -2.17. The molecule has 1 aliphatic rings. The van der Waals surface area contributed by atoms with E-state index in [-0.39, 0.29) is 5.91 Å². The number of pyridine rings is 1. The van der Waals surface area contributed by atoms with E-state index in [2.05, 4.69) is 21.2 Å². The number of carbonyl (C=O) groups is 1. The summed E-state index contributed by atoms with van der Waals surface area (Å²) in [6.45, 7) is 10.2. The molecule has 1 amide bonds. The van der Waals surface area contributed by atoms with Crippen molar-refractivity contribution in [2.75, 3.05) is 11.9 Å². The van der Waals surface area contributed by atoms with Gasteiger partial charge in [-0.2, -0.15) is 0 Å². The summed E-state index contributed by atoms with van der Waals surface area (Å²) in [6.07, 6.45) is 1.34. The summed E-state index contributed by atoms with van der Waals surface area (Å²) in [6, 6.07) is 1.65. The minimum Gasteiger partial charge on any atom is -0.488 e. The third-order valence-corrected chi connectivity index (χ3v) is 4.14. The van der Waals surface area contributed by atoms with Gasteiger partial charge < -0.3 is 9.94 Å². The molecule has 1 aromatic heterocycles. The molecule has 6 heteroatoms. The number of rotatable bonds is 3. The molecule has 5 nitrogen and oxygen atoms in total. The van der Waals surface area contributed by atoms with Gasteiger partial charge in [0.15, 0.2) is 11.4 Å². The van der Waals surface area contributed by atoms with Gasteiger partial charge in [0.1, 0.15) is 0 Å². The monoisotopic (exact) mass is 359 g/mol. The Kier molecular flexibility index (Phi) is 6.01. The molecule has 1 aliphatic heterocycles. The molecule has 0 radical (unpaired) electrons. The maximum atomic E-state index is 12.1. The number of nitrogens with zero attached hydrogens (tertiary/aromatic N) is 1. The van der Waals surface area contributed by atoms with E-state index >= 15 is 0 Å². The van der Waals surface area contributed by atoms with Crippen molar-refractivity contribution in [3.63, 3.8) is 0 Å². The van der Waals surface area contributed by atoms with Gasteiger partial charge >= 0.3 is 11.7 Å². The van der Waals surface area contributed by atoms with Gasteiger partial charge in [-0.05, 0) is 40.9 Å².